The number of hydrogen-bond donors (Lipinski definition) is 1. The van der Waals surface area contributed by atoms with E-state index in [2.05, 4.69) is 50.0 Å². The van der Waals surface area contributed by atoms with Crippen LogP contribution in [0.15, 0.2) is 42.0 Å². The Balaban J connectivity index is 1.44. The molecule has 2 aromatic heterocycles. The van der Waals surface area contributed by atoms with Gasteiger partial charge in [-0.1, -0.05) is 12.1 Å². The molecular weight excluding hydrogens is 364 g/mol. The third kappa shape index (κ3) is 3.83. The van der Waals surface area contributed by atoms with Crippen molar-refractivity contribution in [3.05, 3.63) is 52.5 Å². The number of morpholine rings is 1. The van der Waals surface area contributed by atoms with Crippen molar-refractivity contribution in [2.24, 2.45) is 0 Å². The molecule has 0 radical (unpaired) electrons. The van der Waals surface area contributed by atoms with Crippen LogP contribution in [0.1, 0.15) is 28.2 Å². The van der Waals surface area contributed by atoms with E-state index in [9.17, 15) is 4.79 Å². The molecule has 1 amide bonds. The third-order valence-corrected chi connectivity index (χ3v) is 5.47. The van der Waals surface area contributed by atoms with Gasteiger partial charge >= 0.3 is 0 Å². The Bertz CT molecular complexity index is 887. The van der Waals surface area contributed by atoms with Crippen molar-refractivity contribution >= 4 is 22.9 Å². The average Bonchev–Trinajstić information content (AvgIpc) is 3.40. The maximum atomic E-state index is 12.7. The number of ether oxygens (including phenoxy) is 1. The first kappa shape index (κ1) is 17.6. The van der Waals surface area contributed by atoms with Crippen LogP contribution in [0.3, 0.4) is 0 Å². The number of rotatable bonds is 5. The largest absolute Gasteiger partial charge is 0.378 e. The van der Waals surface area contributed by atoms with Crippen LogP contribution < -0.4 is 10.2 Å². The summed E-state index contributed by atoms with van der Waals surface area (Å²) in [5.41, 5.74) is 2.91. The first-order valence-corrected chi connectivity index (χ1v) is 9.65. The Labute approximate surface area is 160 Å². The Morgan fingerprint density at radius 1 is 1.22 bits per heavy atom. The lowest BCUT2D eigenvalue weighted by atomic mass is 10.1. The van der Waals surface area contributed by atoms with Crippen LogP contribution >= 0.6 is 11.3 Å². The van der Waals surface area contributed by atoms with Gasteiger partial charge in [0.1, 0.15) is 11.2 Å². The van der Waals surface area contributed by atoms with Crippen LogP contribution in [0.2, 0.25) is 0 Å². The predicted octanol–water partition coefficient (Wildman–Crippen LogP) is 2.05. The third-order valence-electron chi connectivity index (χ3n) is 4.56. The number of aromatic nitrogens is 4. The van der Waals surface area contributed by atoms with E-state index in [4.69, 9.17) is 4.74 Å². The van der Waals surface area contributed by atoms with E-state index >= 15 is 0 Å². The van der Waals surface area contributed by atoms with Gasteiger partial charge in [0.2, 0.25) is 0 Å². The predicted molar refractivity (Wildman–Crippen MR) is 102 cm³/mol. The molecule has 0 aliphatic carbocycles. The molecule has 1 aromatic carbocycles. The number of amides is 1. The second kappa shape index (κ2) is 7.85. The molecule has 1 fully saturated rings. The number of thiophene rings is 1. The van der Waals surface area contributed by atoms with Gasteiger partial charge in [-0.25, -0.2) is 0 Å². The molecule has 1 aliphatic rings. The van der Waals surface area contributed by atoms with Crippen LogP contribution in [0, 0.1) is 0 Å². The topological polar surface area (TPSA) is 85.2 Å². The minimum atomic E-state index is -0.139. The number of benzene rings is 1. The highest BCUT2D eigenvalue weighted by atomic mass is 32.1. The molecular formula is C18H20N6O2S. The Kier molecular flexibility index (Phi) is 5.12. The van der Waals surface area contributed by atoms with Crippen molar-refractivity contribution in [2.45, 2.75) is 13.0 Å². The fourth-order valence-electron chi connectivity index (χ4n) is 3.07. The first-order chi connectivity index (χ1) is 13.2. The zero-order valence-electron chi connectivity index (χ0n) is 14.9. The van der Waals surface area contributed by atoms with Crippen LogP contribution in [0.5, 0.6) is 0 Å². The van der Waals surface area contributed by atoms with Crippen molar-refractivity contribution in [3.63, 3.8) is 0 Å². The van der Waals surface area contributed by atoms with Gasteiger partial charge in [0.05, 0.1) is 24.9 Å². The summed E-state index contributed by atoms with van der Waals surface area (Å²) in [7, 11) is 0. The van der Waals surface area contributed by atoms with E-state index in [-0.39, 0.29) is 11.9 Å². The van der Waals surface area contributed by atoms with Crippen LogP contribution in [-0.2, 0) is 4.74 Å². The number of carbonyl (C=O) groups excluding carboxylic acids is 1. The number of anilines is 1. The van der Waals surface area contributed by atoms with Crippen LogP contribution in [-0.4, -0.2) is 52.4 Å². The molecule has 3 aromatic rings. The summed E-state index contributed by atoms with van der Waals surface area (Å²) in [5.74, 6) is -0.139. The number of hydrogen-bond acceptors (Lipinski definition) is 7. The van der Waals surface area contributed by atoms with Crippen LogP contribution in [0.25, 0.3) is 5.69 Å². The number of nitrogens with one attached hydrogen (secondary N) is 1. The molecule has 8 nitrogen and oxygen atoms in total. The maximum Gasteiger partial charge on any atom is 0.264 e. The van der Waals surface area contributed by atoms with Gasteiger partial charge in [-0.05, 0) is 46.5 Å². The molecule has 0 bridgehead atoms. The van der Waals surface area contributed by atoms with Crippen LogP contribution in [0.4, 0.5) is 5.69 Å². The zero-order chi connectivity index (χ0) is 18.6. The van der Waals surface area contributed by atoms with E-state index < -0.39 is 0 Å². The summed E-state index contributed by atoms with van der Waals surface area (Å²) in [6.07, 6.45) is 1.48. The number of nitrogens with zero attached hydrogens (tertiary/aromatic N) is 5. The van der Waals surface area contributed by atoms with Gasteiger partial charge in [0.25, 0.3) is 5.91 Å². The van der Waals surface area contributed by atoms with Crippen molar-refractivity contribution in [3.8, 4) is 5.69 Å². The van der Waals surface area contributed by atoms with Crippen molar-refractivity contribution in [1.82, 2.24) is 25.5 Å². The lowest BCUT2D eigenvalue weighted by molar-refractivity contribution is 0.0944. The maximum absolute atomic E-state index is 12.7. The summed E-state index contributed by atoms with van der Waals surface area (Å²) in [6, 6.07) is 10.0. The van der Waals surface area contributed by atoms with E-state index in [1.807, 2.05) is 18.4 Å². The summed E-state index contributed by atoms with van der Waals surface area (Å²) in [6.45, 7) is 5.32. The molecule has 4 rings (SSSR count). The smallest absolute Gasteiger partial charge is 0.264 e. The SMILES string of the molecule is CC(NC(=O)c1sccc1-n1cnnn1)c1ccc(N2CCOCC2)cc1. The summed E-state index contributed by atoms with van der Waals surface area (Å²) < 4.78 is 6.89. The van der Waals surface area contributed by atoms with E-state index in [0.717, 1.165) is 31.9 Å². The Morgan fingerprint density at radius 2 is 2.00 bits per heavy atom. The normalized spacial score (nSPS) is 15.5. The number of carbonyl (C=O) groups is 1. The molecule has 0 spiro atoms. The van der Waals surface area contributed by atoms with Gasteiger partial charge in [-0.2, -0.15) is 4.68 Å². The minimum absolute atomic E-state index is 0.111. The molecule has 1 saturated heterocycles. The zero-order valence-corrected chi connectivity index (χ0v) is 15.7. The van der Waals surface area contributed by atoms with E-state index in [0.29, 0.717) is 10.6 Å². The monoisotopic (exact) mass is 384 g/mol. The van der Waals surface area contributed by atoms with Gasteiger partial charge in [0.15, 0.2) is 0 Å². The first-order valence-electron chi connectivity index (χ1n) is 8.77. The summed E-state index contributed by atoms with van der Waals surface area (Å²) in [5, 5.41) is 16.0. The molecule has 140 valence electrons. The lowest BCUT2D eigenvalue weighted by Crippen LogP contribution is -2.36. The Morgan fingerprint density at radius 3 is 2.70 bits per heavy atom. The highest BCUT2D eigenvalue weighted by Gasteiger charge is 2.18. The lowest BCUT2D eigenvalue weighted by Gasteiger charge is -2.29. The van der Waals surface area contributed by atoms with E-state index in [1.54, 1.807) is 0 Å². The molecule has 1 unspecified atom stereocenters. The van der Waals surface area contributed by atoms with Crippen molar-refractivity contribution in [1.29, 1.82) is 0 Å². The molecule has 1 aliphatic heterocycles. The van der Waals surface area contributed by atoms with Gasteiger partial charge in [-0.3, -0.25) is 4.79 Å². The molecule has 3 heterocycles. The van der Waals surface area contributed by atoms with Crippen molar-refractivity contribution in [2.75, 3.05) is 31.2 Å². The summed E-state index contributed by atoms with van der Waals surface area (Å²) >= 11 is 1.37. The molecule has 1 atom stereocenters. The fourth-order valence-corrected chi connectivity index (χ4v) is 3.85. The fraction of sp³-hybridized carbons (Fsp3) is 0.333. The molecule has 9 heteroatoms. The highest BCUT2D eigenvalue weighted by Crippen LogP contribution is 2.23. The van der Waals surface area contributed by atoms with Gasteiger partial charge < -0.3 is 15.0 Å². The highest BCUT2D eigenvalue weighted by molar-refractivity contribution is 7.12. The molecule has 27 heavy (non-hydrogen) atoms. The quantitative estimate of drug-likeness (QED) is 0.725. The van der Waals surface area contributed by atoms with E-state index in [1.165, 1.54) is 28.0 Å². The molecule has 1 N–H and O–H groups in total. The Hall–Kier alpha value is -2.78. The second-order valence-corrected chi connectivity index (χ2v) is 7.19. The minimum Gasteiger partial charge on any atom is -0.378 e. The van der Waals surface area contributed by atoms with Gasteiger partial charge in [-0.15, -0.1) is 16.4 Å². The second-order valence-electron chi connectivity index (χ2n) is 6.28. The number of tetrazole rings is 1. The van der Waals surface area contributed by atoms with Crippen molar-refractivity contribution < 1.29 is 9.53 Å². The standard InChI is InChI=1S/C18H20N6O2S/c1-13(14-2-4-15(5-3-14)23-7-9-26-10-8-23)20-18(25)17-16(6-11-27-17)24-12-19-21-22-24/h2-6,11-13H,7-10H2,1H3,(H,20,25). The average molecular weight is 384 g/mol. The molecule has 0 saturated carbocycles. The summed E-state index contributed by atoms with van der Waals surface area (Å²) in [4.78, 5) is 15.6. The van der Waals surface area contributed by atoms with Gasteiger partial charge in [0, 0.05) is 18.8 Å².